The first-order valence-electron chi connectivity index (χ1n) is 19.2. The van der Waals surface area contributed by atoms with Gasteiger partial charge in [0.2, 0.25) is 6.34 Å². The molecule has 0 spiro atoms. The van der Waals surface area contributed by atoms with Gasteiger partial charge in [-0.05, 0) is 36.1 Å². The Morgan fingerprint density at radius 1 is 0.462 bits per heavy atom. The van der Waals surface area contributed by atoms with Crippen molar-refractivity contribution in [3.05, 3.63) is 201 Å². The highest BCUT2D eigenvalue weighted by atomic mass is 15.2. The van der Waals surface area contributed by atoms with Gasteiger partial charge in [-0.3, -0.25) is 0 Å². The lowest BCUT2D eigenvalue weighted by atomic mass is 9.83. The number of anilines is 1. The molecule has 0 amide bonds. The molecule has 0 aromatic heterocycles. The minimum atomic E-state index is 0.239. The Kier molecular flexibility index (Phi) is 10.5. The standard InChI is InChI=1S/C50H53N2/c1-35-30-45(37(3)41-20-11-7-12-21-41)49(46(31-35)38(4)42-22-13-8-14-23-42)51-28-19-29-52(34-51)50-47(39(5)43-24-15-9-16-25-43)32-36(2)33-48(50)40(6)44-26-17-10-18-27-44/h7-18,20-27,30-34,37-40H,19,28-29H2,1-6H3/q+1/t37-,38-,39-,40-/m1/s1. The van der Waals surface area contributed by atoms with Crippen LogP contribution in [0.1, 0.15) is 113 Å². The first kappa shape index (κ1) is 35.2. The Bertz CT molecular complexity index is 2000. The van der Waals surface area contributed by atoms with Crippen molar-refractivity contribution in [3.63, 3.8) is 0 Å². The SMILES string of the molecule is Cc1cc([C@H](C)c2ccccc2)c(N2C=[N+](c3c([C@H](C)c4ccccc4)cc(C)cc3[C@H](C)c3ccccc3)CCC2)c([C@H](C)c2ccccc2)c1. The van der Waals surface area contributed by atoms with E-state index >= 15 is 0 Å². The average molecular weight is 682 g/mol. The van der Waals surface area contributed by atoms with Crippen molar-refractivity contribution in [2.45, 2.75) is 71.6 Å². The van der Waals surface area contributed by atoms with Crippen molar-refractivity contribution < 1.29 is 4.58 Å². The quantitative estimate of drug-likeness (QED) is 0.130. The maximum absolute atomic E-state index is 2.60. The Labute approximate surface area is 312 Å². The maximum Gasteiger partial charge on any atom is 0.244 e. The number of hydrogen-bond donors (Lipinski definition) is 0. The largest absolute Gasteiger partial charge is 0.244 e. The highest BCUT2D eigenvalue weighted by Gasteiger charge is 2.33. The van der Waals surface area contributed by atoms with E-state index in [2.05, 4.69) is 203 Å². The molecule has 0 unspecified atom stereocenters. The molecule has 0 bridgehead atoms. The molecule has 0 saturated heterocycles. The molecule has 0 fully saturated rings. The molecule has 0 aliphatic carbocycles. The van der Waals surface area contributed by atoms with Crippen molar-refractivity contribution in [1.29, 1.82) is 0 Å². The Balaban J connectivity index is 1.45. The van der Waals surface area contributed by atoms with Gasteiger partial charge in [0.15, 0.2) is 0 Å². The summed E-state index contributed by atoms with van der Waals surface area (Å²) < 4.78 is 2.60. The van der Waals surface area contributed by atoms with E-state index in [9.17, 15) is 0 Å². The van der Waals surface area contributed by atoms with E-state index in [4.69, 9.17) is 0 Å². The fourth-order valence-electron chi connectivity index (χ4n) is 8.37. The summed E-state index contributed by atoms with van der Waals surface area (Å²) in [5.41, 5.74) is 16.3. The third-order valence-corrected chi connectivity index (χ3v) is 11.3. The van der Waals surface area contributed by atoms with Gasteiger partial charge in [-0.1, -0.05) is 184 Å². The highest BCUT2D eigenvalue weighted by molar-refractivity contribution is 5.83. The van der Waals surface area contributed by atoms with Gasteiger partial charge in [0.05, 0.1) is 13.1 Å². The number of rotatable bonds is 10. The van der Waals surface area contributed by atoms with Crippen LogP contribution in [0, 0.1) is 13.8 Å². The molecule has 0 radical (unpaired) electrons. The molecular formula is C50H53N2+. The smallest absolute Gasteiger partial charge is 0.233 e. The van der Waals surface area contributed by atoms with Crippen LogP contribution in [-0.2, 0) is 0 Å². The van der Waals surface area contributed by atoms with Gasteiger partial charge in [-0.15, -0.1) is 0 Å². The zero-order chi connectivity index (χ0) is 36.2. The van der Waals surface area contributed by atoms with Crippen LogP contribution >= 0.6 is 0 Å². The van der Waals surface area contributed by atoms with Crippen LogP contribution in [0.3, 0.4) is 0 Å². The minimum Gasteiger partial charge on any atom is -0.233 e. The molecule has 2 nitrogen and oxygen atoms in total. The topological polar surface area (TPSA) is 6.25 Å². The molecule has 1 aliphatic heterocycles. The molecule has 4 atom stereocenters. The lowest BCUT2D eigenvalue weighted by Gasteiger charge is -2.31. The summed E-state index contributed by atoms with van der Waals surface area (Å²) >= 11 is 0. The van der Waals surface area contributed by atoms with E-state index in [1.807, 2.05) is 0 Å². The summed E-state index contributed by atoms with van der Waals surface area (Å²) in [5, 5.41) is 0. The molecule has 6 aromatic rings. The fourth-order valence-corrected chi connectivity index (χ4v) is 8.37. The fraction of sp³-hybridized carbons (Fsp3) is 0.260. The summed E-state index contributed by atoms with van der Waals surface area (Å²) in [6.07, 6.45) is 3.53. The van der Waals surface area contributed by atoms with Crippen LogP contribution in [-0.4, -0.2) is 24.0 Å². The van der Waals surface area contributed by atoms with Crippen molar-refractivity contribution in [2.75, 3.05) is 18.0 Å². The Hall–Kier alpha value is -5.21. The summed E-state index contributed by atoms with van der Waals surface area (Å²) in [5.74, 6) is 0.957. The highest BCUT2D eigenvalue weighted by Crippen LogP contribution is 2.44. The first-order chi connectivity index (χ1) is 25.3. The summed E-state index contributed by atoms with van der Waals surface area (Å²) in [6, 6.07) is 53.9. The monoisotopic (exact) mass is 681 g/mol. The molecule has 262 valence electrons. The van der Waals surface area contributed by atoms with Crippen LogP contribution in [0.15, 0.2) is 146 Å². The van der Waals surface area contributed by atoms with Gasteiger partial charge in [0, 0.05) is 52.3 Å². The van der Waals surface area contributed by atoms with Crippen LogP contribution in [0.5, 0.6) is 0 Å². The van der Waals surface area contributed by atoms with Gasteiger partial charge in [-0.25, -0.2) is 9.48 Å². The molecule has 0 saturated carbocycles. The van der Waals surface area contributed by atoms with Crippen molar-refractivity contribution in [1.82, 2.24) is 0 Å². The normalized spacial score (nSPS) is 15.4. The number of nitrogens with zero attached hydrogens (tertiary/aromatic N) is 2. The number of aryl methyl sites for hydroxylation is 2. The lowest BCUT2D eigenvalue weighted by Crippen LogP contribution is -2.37. The van der Waals surface area contributed by atoms with Crippen LogP contribution < -0.4 is 4.90 Å². The predicted octanol–water partition coefficient (Wildman–Crippen LogP) is 12.5. The zero-order valence-corrected chi connectivity index (χ0v) is 31.8. The first-order valence-corrected chi connectivity index (χ1v) is 19.2. The average Bonchev–Trinajstić information content (AvgIpc) is 3.20. The molecule has 6 aromatic carbocycles. The van der Waals surface area contributed by atoms with Crippen LogP contribution in [0.2, 0.25) is 0 Å². The van der Waals surface area contributed by atoms with E-state index in [1.54, 1.807) is 0 Å². The third-order valence-electron chi connectivity index (χ3n) is 11.3. The van der Waals surface area contributed by atoms with Crippen LogP contribution in [0.4, 0.5) is 11.4 Å². The van der Waals surface area contributed by atoms with E-state index < -0.39 is 0 Å². The van der Waals surface area contributed by atoms with E-state index in [0.29, 0.717) is 0 Å². The molecule has 0 N–H and O–H groups in total. The predicted molar refractivity (Wildman–Crippen MR) is 221 cm³/mol. The second kappa shape index (κ2) is 15.6. The molecule has 52 heavy (non-hydrogen) atoms. The third kappa shape index (κ3) is 7.26. The van der Waals surface area contributed by atoms with Gasteiger partial charge < -0.3 is 0 Å². The summed E-state index contributed by atoms with van der Waals surface area (Å²) in [7, 11) is 0. The lowest BCUT2D eigenvalue weighted by molar-refractivity contribution is -0.441. The second-order valence-corrected chi connectivity index (χ2v) is 15.0. The molecular weight excluding hydrogens is 629 g/mol. The van der Waals surface area contributed by atoms with Gasteiger partial charge >= 0.3 is 0 Å². The molecule has 1 heterocycles. The zero-order valence-electron chi connectivity index (χ0n) is 31.8. The molecule has 2 heteroatoms. The summed E-state index contributed by atoms with van der Waals surface area (Å²) in [6.45, 7) is 16.0. The maximum atomic E-state index is 2.60. The molecule has 1 aliphatic rings. The number of hydrogen-bond acceptors (Lipinski definition) is 1. The van der Waals surface area contributed by atoms with Gasteiger partial charge in [-0.2, -0.15) is 0 Å². The van der Waals surface area contributed by atoms with Crippen molar-refractivity contribution in [2.24, 2.45) is 0 Å². The van der Waals surface area contributed by atoms with Crippen molar-refractivity contribution >= 4 is 17.7 Å². The second-order valence-electron chi connectivity index (χ2n) is 15.0. The Morgan fingerprint density at radius 3 is 1.15 bits per heavy atom. The summed E-state index contributed by atoms with van der Waals surface area (Å²) in [4.78, 5) is 2.60. The van der Waals surface area contributed by atoms with Crippen LogP contribution in [0.25, 0.3) is 0 Å². The van der Waals surface area contributed by atoms with E-state index in [1.165, 1.54) is 67.0 Å². The van der Waals surface area contributed by atoms with E-state index in [0.717, 1.165) is 19.5 Å². The van der Waals surface area contributed by atoms with Gasteiger partial charge in [0.1, 0.15) is 11.4 Å². The minimum absolute atomic E-state index is 0.239. The van der Waals surface area contributed by atoms with Crippen molar-refractivity contribution in [3.8, 4) is 0 Å². The molecule has 7 rings (SSSR count). The Morgan fingerprint density at radius 2 is 0.788 bits per heavy atom. The van der Waals surface area contributed by atoms with Gasteiger partial charge in [0.25, 0.3) is 0 Å². The van der Waals surface area contributed by atoms with E-state index in [-0.39, 0.29) is 23.7 Å². The number of benzene rings is 6.